The van der Waals surface area contributed by atoms with Gasteiger partial charge in [-0.2, -0.15) is 13.2 Å². The molecule has 0 bridgehead atoms. The molecule has 0 saturated heterocycles. The number of Topliss-reactive ketones (excluding diaryl/α,β-unsaturated/α-hetero) is 1. The van der Waals surface area contributed by atoms with Crippen molar-refractivity contribution in [2.75, 3.05) is 5.33 Å². The number of rotatable bonds is 9. The molecule has 16 heavy (non-hydrogen) atoms. The Labute approximate surface area is 103 Å². The van der Waals surface area contributed by atoms with Crippen LogP contribution in [0.2, 0.25) is 0 Å². The zero-order valence-corrected chi connectivity index (χ0v) is 10.9. The van der Waals surface area contributed by atoms with Crippen LogP contribution in [0.1, 0.15) is 51.4 Å². The highest BCUT2D eigenvalue weighted by atomic mass is 79.9. The average molecular weight is 303 g/mol. The van der Waals surface area contributed by atoms with Crippen LogP contribution in [0.3, 0.4) is 0 Å². The molecule has 0 heterocycles. The van der Waals surface area contributed by atoms with Crippen molar-refractivity contribution < 1.29 is 18.0 Å². The predicted molar refractivity (Wildman–Crippen MR) is 61.8 cm³/mol. The first-order valence-corrected chi connectivity index (χ1v) is 6.72. The minimum Gasteiger partial charge on any atom is -0.300 e. The van der Waals surface area contributed by atoms with Gasteiger partial charge in [0, 0.05) is 18.2 Å². The summed E-state index contributed by atoms with van der Waals surface area (Å²) in [5.74, 6) is -0.266. The minimum absolute atomic E-state index is 0.266. The van der Waals surface area contributed by atoms with Crippen molar-refractivity contribution in [1.29, 1.82) is 0 Å². The number of hydrogen-bond donors (Lipinski definition) is 0. The Kier molecular flexibility index (Phi) is 8.99. The number of unbranched alkanes of at least 4 members (excludes halogenated alkanes) is 4. The van der Waals surface area contributed by atoms with Crippen LogP contribution in [0.4, 0.5) is 13.2 Å². The fourth-order valence-corrected chi connectivity index (χ4v) is 1.75. The van der Waals surface area contributed by atoms with Crippen LogP contribution >= 0.6 is 15.9 Å². The third-order valence-corrected chi connectivity index (χ3v) is 2.84. The molecule has 0 aliphatic carbocycles. The van der Waals surface area contributed by atoms with E-state index in [4.69, 9.17) is 0 Å². The number of ketones is 1. The molecule has 0 rings (SSSR count). The van der Waals surface area contributed by atoms with E-state index in [1.807, 2.05) is 0 Å². The van der Waals surface area contributed by atoms with E-state index in [2.05, 4.69) is 15.9 Å². The molecule has 0 amide bonds. The third kappa shape index (κ3) is 12.0. The first kappa shape index (κ1) is 15.9. The maximum absolute atomic E-state index is 11.8. The lowest BCUT2D eigenvalue weighted by atomic mass is 10.1. The van der Waals surface area contributed by atoms with Gasteiger partial charge in [-0.05, 0) is 12.8 Å². The lowest BCUT2D eigenvalue weighted by Crippen LogP contribution is -2.10. The molecule has 96 valence electrons. The molecule has 0 aromatic rings. The molecule has 0 saturated carbocycles. The number of alkyl halides is 4. The van der Waals surface area contributed by atoms with Gasteiger partial charge < -0.3 is 0 Å². The van der Waals surface area contributed by atoms with Gasteiger partial charge in [-0.25, -0.2) is 0 Å². The largest absolute Gasteiger partial charge is 0.389 e. The first-order chi connectivity index (χ1) is 7.45. The van der Waals surface area contributed by atoms with Gasteiger partial charge in [0.05, 0.1) is 6.42 Å². The van der Waals surface area contributed by atoms with Crippen molar-refractivity contribution in [3.63, 3.8) is 0 Å². The molecule has 0 atom stereocenters. The van der Waals surface area contributed by atoms with Gasteiger partial charge in [-0.1, -0.05) is 35.2 Å². The van der Waals surface area contributed by atoms with Crippen molar-refractivity contribution in [1.82, 2.24) is 0 Å². The smallest absolute Gasteiger partial charge is 0.300 e. The lowest BCUT2D eigenvalue weighted by Gasteiger charge is -2.05. The molecular weight excluding hydrogens is 285 g/mol. The van der Waals surface area contributed by atoms with E-state index in [9.17, 15) is 18.0 Å². The Morgan fingerprint density at radius 1 is 0.938 bits per heavy atom. The summed E-state index contributed by atoms with van der Waals surface area (Å²) in [5.41, 5.74) is 0. The summed E-state index contributed by atoms with van der Waals surface area (Å²) in [5, 5.41) is 0.984. The van der Waals surface area contributed by atoms with Crippen molar-refractivity contribution in [2.24, 2.45) is 0 Å². The fraction of sp³-hybridized carbons (Fsp3) is 0.909. The third-order valence-electron chi connectivity index (χ3n) is 2.28. The van der Waals surface area contributed by atoms with Gasteiger partial charge >= 0.3 is 6.18 Å². The van der Waals surface area contributed by atoms with E-state index >= 15 is 0 Å². The summed E-state index contributed by atoms with van der Waals surface area (Å²) in [4.78, 5) is 11.1. The molecule has 0 aliphatic rings. The fourth-order valence-electron chi connectivity index (χ4n) is 1.35. The maximum atomic E-state index is 11.8. The normalized spacial score (nSPS) is 11.8. The number of carbonyl (C=O) groups is 1. The average Bonchev–Trinajstić information content (AvgIpc) is 2.19. The van der Waals surface area contributed by atoms with Gasteiger partial charge in [0.2, 0.25) is 0 Å². The minimum atomic E-state index is -4.20. The van der Waals surface area contributed by atoms with Crippen LogP contribution in [0, 0.1) is 0 Å². The highest BCUT2D eigenvalue weighted by Gasteiger charge is 2.27. The van der Waals surface area contributed by atoms with Crippen LogP contribution in [0.25, 0.3) is 0 Å². The summed E-state index contributed by atoms with van der Waals surface area (Å²) in [6.07, 6.45) is -0.303. The highest BCUT2D eigenvalue weighted by Crippen LogP contribution is 2.22. The SMILES string of the molecule is O=C(CCCCCCCBr)CCC(F)(F)F. The van der Waals surface area contributed by atoms with Crippen molar-refractivity contribution in [2.45, 2.75) is 57.5 Å². The summed E-state index contributed by atoms with van der Waals surface area (Å²) in [6.45, 7) is 0. The second kappa shape index (κ2) is 9.02. The van der Waals surface area contributed by atoms with E-state index in [0.29, 0.717) is 6.42 Å². The second-order valence-electron chi connectivity index (χ2n) is 3.86. The molecule has 0 spiro atoms. The topological polar surface area (TPSA) is 17.1 Å². The number of halogens is 4. The van der Waals surface area contributed by atoms with Crippen LogP contribution in [0.5, 0.6) is 0 Å². The molecular formula is C11H18BrF3O. The Balaban J connectivity index is 3.31. The maximum Gasteiger partial charge on any atom is 0.389 e. The lowest BCUT2D eigenvalue weighted by molar-refractivity contribution is -0.143. The van der Waals surface area contributed by atoms with E-state index in [1.165, 1.54) is 0 Å². The predicted octanol–water partition coefficient (Wildman–Crippen LogP) is 4.63. The Bertz CT molecular complexity index is 192. The van der Waals surface area contributed by atoms with E-state index < -0.39 is 12.6 Å². The zero-order valence-electron chi connectivity index (χ0n) is 9.28. The van der Waals surface area contributed by atoms with E-state index in [-0.39, 0.29) is 12.2 Å². The molecule has 1 nitrogen and oxygen atoms in total. The molecule has 0 aromatic heterocycles. The summed E-state index contributed by atoms with van der Waals surface area (Å²) < 4.78 is 35.4. The Morgan fingerprint density at radius 3 is 2.06 bits per heavy atom. The van der Waals surface area contributed by atoms with E-state index in [0.717, 1.165) is 37.4 Å². The number of hydrogen-bond acceptors (Lipinski definition) is 1. The summed E-state index contributed by atoms with van der Waals surface area (Å²) in [7, 11) is 0. The second-order valence-corrected chi connectivity index (χ2v) is 4.65. The van der Waals surface area contributed by atoms with Gasteiger partial charge in [-0.3, -0.25) is 4.79 Å². The molecule has 0 fully saturated rings. The standard InChI is InChI=1S/C11H18BrF3O/c12-9-5-3-1-2-4-6-10(16)7-8-11(13,14)15/h1-9H2. The molecule has 0 unspecified atom stereocenters. The summed E-state index contributed by atoms with van der Waals surface area (Å²) >= 11 is 3.32. The zero-order chi connectivity index (χ0) is 12.4. The van der Waals surface area contributed by atoms with Crippen molar-refractivity contribution in [3.05, 3.63) is 0 Å². The van der Waals surface area contributed by atoms with E-state index in [1.54, 1.807) is 0 Å². The quantitative estimate of drug-likeness (QED) is 0.448. The molecule has 5 heteroatoms. The summed E-state index contributed by atoms with van der Waals surface area (Å²) in [6, 6.07) is 0. The molecule has 0 aliphatic heterocycles. The van der Waals surface area contributed by atoms with Gasteiger partial charge in [-0.15, -0.1) is 0 Å². The molecule has 0 N–H and O–H groups in total. The monoisotopic (exact) mass is 302 g/mol. The van der Waals surface area contributed by atoms with Crippen LogP contribution in [0.15, 0.2) is 0 Å². The van der Waals surface area contributed by atoms with Crippen LogP contribution in [-0.2, 0) is 4.79 Å². The molecule has 0 aromatic carbocycles. The van der Waals surface area contributed by atoms with Crippen molar-refractivity contribution >= 4 is 21.7 Å². The van der Waals surface area contributed by atoms with Gasteiger partial charge in [0.15, 0.2) is 0 Å². The first-order valence-electron chi connectivity index (χ1n) is 5.60. The van der Waals surface area contributed by atoms with Crippen LogP contribution in [-0.4, -0.2) is 17.3 Å². The number of carbonyl (C=O) groups excluding carboxylic acids is 1. The van der Waals surface area contributed by atoms with Crippen molar-refractivity contribution in [3.8, 4) is 0 Å². The molecule has 0 radical (unpaired) electrons. The van der Waals surface area contributed by atoms with Gasteiger partial charge in [0.1, 0.15) is 5.78 Å². The van der Waals surface area contributed by atoms with Crippen LogP contribution < -0.4 is 0 Å². The Morgan fingerprint density at radius 2 is 1.50 bits per heavy atom. The highest BCUT2D eigenvalue weighted by molar-refractivity contribution is 9.09. The Hall–Kier alpha value is -0.0600. The van der Waals surface area contributed by atoms with Gasteiger partial charge in [0.25, 0.3) is 0 Å².